The van der Waals surface area contributed by atoms with Gasteiger partial charge in [-0.2, -0.15) is 0 Å². The van der Waals surface area contributed by atoms with E-state index in [9.17, 15) is 9.59 Å². The van der Waals surface area contributed by atoms with E-state index in [4.69, 9.17) is 11.6 Å². The van der Waals surface area contributed by atoms with E-state index >= 15 is 0 Å². The third-order valence-corrected chi connectivity index (χ3v) is 3.59. The molecule has 0 spiro atoms. The summed E-state index contributed by atoms with van der Waals surface area (Å²) in [6.45, 7) is 1.96. The molecule has 5 nitrogen and oxygen atoms in total. The Morgan fingerprint density at radius 1 is 1.19 bits per heavy atom. The summed E-state index contributed by atoms with van der Waals surface area (Å²) >= 11 is 6.17. The summed E-state index contributed by atoms with van der Waals surface area (Å²) in [6, 6.07) is 10.4. The van der Waals surface area contributed by atoms with Crippen molar-refractivity contribution in [2.75, 3.05) is 0 Å². The molecule has 106 valence electrons. The first-order valence-corrected chi connectivity index (χ1v) is 6.89. The molecule has 0 aliphatic heterocycles. The van der Waals surface area contributed by atoms with E-state index in [1.54, 1.807) is 36.4 Å². The molecule has 0 saturated carbocycles. The number of rotatable bonds is 2. The van der Waals surface area contributed by atoms with Crippen molar-refractivity contribution in [3.05, 3.63) is 68.0 Å². The van der Waals surface area contributed by atoms with E-state index in [-0.39, 0.29) is 0 Å². The molecule has 0 unspecified atom stereocenters. The van der Waals surface area contributed by atoms with Gasteiger partial charge in [-0.3, -0.25) is 9.78 Å². The van der Waals surface area contributed by atoms with E-state index in [2.05, 4.69) is 9.97 Å². The number of nitrogens with one attached hydrogen (secondary N) is 1. The second-order valence-corrected chi connectivity index (χ2v) is 4.98. The Morgan fingerprint density at radius 2 is 1.95 bits per heavy atom. The van der Waals surface area contributed by atoms with E-state index in [1.807, 2.05) is 6.92 Å². The van der Waals surface area contributed by atoms with Crippen LogP contribution in [0.5, 0.6) is 0 Å². The molecular formula is C15H12ClN3O2. The van der Waals surface area contributed by atoms with Crippen molar-refractivity contribution in [3.8, 4) is 5.69 Å². The van der Waals surface area contributed by atoms with Crippen molar-refractivity contribution in [1.29, 1.82) is 0 Å². The summed E-state index contributed by atoms with van der Waals surface area (Å²) < 4.78 is 1.33. The highest BCUT2D eigenvalue weighted by Gasteiger charge is 2.13. The quantitative estimate of drug-likeness (QED) is 0.789. The van der Waals surface area contributed by atoms with Gasteiger partial charge in [0.05, 0.1) is 16.1 Å². The third-order valence-electron chi connectivity index (χ3n) is 3.27. The van der Waals surface area contributed by atoms with Crippen LogP contribution in [0, 0.1) is 0 Å². The molecule has 0 amide bonds. The molecule has 0 saturated heterocycles. The van der Waals surface area contributed by atoms with Gasteiger partial charge in [0.2, 0.25) is 0 Å². The Hall–Kier alpha value is -2.40. The molecule has 1 N–H and O–H groups in total. The van der Waals surface area contributed by atoms with Crippen LogP contribution in [0.25, 0.3) is 16.7 Å². The minimum absolute atomic E-state index is 0.316. The first-order valence-electron chi connectivity index (χ1n) is 6.51. The lowest BCUT2D eigenvalue weighted by molar-refractivity contribution is 0.912. The van der Waals surface area contributed by atoms with Crippen molar-refractivity contribution < 1.29 is 0 Å². The molecule has 1 aromatic carbocycles. The lowest BCUT2D eigenvalue weighted by Gasteiger charge is -2.10. The Morgan fingerprint density at radius 3 is 2.67 bits per heavy atom. The van der Waals surface area contributed by atoms with E-state index in [0.29, 0.717) is 28.2 Å². The Labute approximate surface area is 124 Å². The van der Waals surface area contributed by atoms with E-state index in [1.165, 1.54) is 4.57 Å². The number of hydrogen-bond donors (Lipinski definition) is 1. The predicted molar refractivity (Wildman–Crippen MR) is 82.3 cm³/mol. The largest absolute Gasteiger partial charge is 0.334 e. The van der Waals surface area contributed by atoms with Crippen molar-refractivity contribution in [2.24, 2.45) is 0 Å². The Bertz CT molecular complexity index is 944. The topological polar surface area (TPSA) is 67.8 Å². The van der Waals surface area contributed by atoms with E-state index < -0.39 is 11.2 Å². The fraction of sp³-hybridized carbons (Fsp3) is 0.133. The molecule has 0 fully saturated rings. The number of aromatic amines is 1. The smallest absolute Gasteiger partial charge is 0.273 e. The van der Waals surface area contributed by atoms with Gasteiger partial charge in [-0.1, -0.05) is 30.7 Å². The highest BCUT2D eigenvalue weighted by Crippen LogP contribution is 2.20. The first-order chi connectivity index (χ1) is 10.1. The zero-order chi connectivity index (χ0) is 15.0. The number of benzene rings is 1. The van der Waals surface area contributed by atoms with Crippen LogP contribution in [0.15, 0.2) is 46.0 Å². The van der Waals surface area contributed by atoms with E-state index in [0.717, 1.165) is 5.69 Å². The van der Waals surface area contributed by atoms with Gasteiger partial charge in [-0.05, 0) is 30.7 Å². The van der Waals surface area contributed by atoms with Gasteiger partial charge in [0.1, 0.15) is 0 Å². The summed E-state index contributed by atoms with van der Waals surface area (Å²) in [7, 11) is 0. The average Bonchev–Trinajstić information content (AvgIpc) is 2.48. The van der Waals surface area contributed by atoms with Crippen LogP contribution in [0.1, 0.15) is 12.6 Å². The third kappa shape index (κ3) is 2.25. The van der Waals surface area contributed by atoms with Gasteiger partial charge in [0.15, 0.2) is 5.65 Å². The molecule has 0 atom stereocenters. The van der Waals surface area contributed by atoms with Crippen LogP contribution in [0.4, 0.5) is 0 Å². The summed E-state index contributed by atoms with van der Waals surface area (Å²) in [4.78, 5) is 30.9. The number of fused-ring (bicyclic) bond motifs is 1. The zero-order valence-corrected chi connectivity index (χ0v) is 12.0. The minimum Gasteiger partial charge on any atom is -0.273 e. The molecule has 3 aromatic rings. The van der Waals surface area contributed by atoms with Crippen molar-refractivity contribution in [3.63, 3.8) is 0 Å². The number of aromatic nitrogens is 3. The zero-order valence-electron chi connectivity index (χ0n) is 11.3. The summed E-state index contributed by atoms with van der Waals surface area (Å²) in [6.07, 6.45) is 0.708. The number of halogens is 1. The summed E-state index contributed by atoms with van der Waals surface area (Å²) in [5.41, 5.74) is 0.602. The van der Waals surface area contributed by atoms with Gasteiger partial charge >= 0.3 is 5.69 Å². The van der Waals surface area contributed by atoms with Crippen LogP contribution < -0.4 is 11.2 Å². The molecule has 0 radical (unpaired) electrons. The SMILES string of the molecule is CCc1ccc2c(=O)[nH]c(=O)n(-c3ccccc3Cl)c2n1. The highest BCUT2D eigenvalue weighted by molar-refractivity contribution is 6.32. The molecule has 0 aliphatic rings. The molecule has 0 aliphatic carbocycles. The molecule has 21 heavy (non-hydrogen) atoms. The van der Waals surface area contributed by atoms with Crippen LogP contribution in [0.2, 0.25) is 5.02 Å². The molecule has 3 rings (SSSR count). The molecular weight excluding hydrogens is 290 g/mol. The van der Waals surface area contributed by atoms with Gasteiger partial charge < -0.3 is 0 Å². The van der Waals surface area contributed by atoms with Gasteiger partial charge in [-0.15, -0.1) is 0 Å². The molecule has 6 heteroatoms. The Balaban J connectivity index is 2.50. The monoisotopic (exact) mass is 301 g/mol. The maximum Gasteiger partial charge on any atom is 0.334 e. The van der Waals surface area contributed by atoms with Crippen LogP contribution in [0.3, 0.4) is 0 Å². The Kier molecular flexibility index (Phi) is 3.35. The highest BCUT2D eigenvalue weighted by atomic mass is 35.5. The summed E-state index contributed by atoms with van der Waals surface area (Å²) in [5.74, 6) is 0. The normalized spacial score (nSPS) is 11.0. The van der Waals surface area contributed by atoms with Crippen LogP contribution in [-0.2, 0) is 6.42 Å². The maximum absolute atomic E-state index is 12.2. The van der Waals surface area contributed by atoms with Crippen molar-refractivity contribution >= 4 is 22.6 Å². The van der Waals surface area contributed by atoms with Crippen molar-refractivity contribution in [1.82, 2.24) is 14.5 Å². The number of nitrogens with zero attached hydrogens (tertiary/aromatic N) is 2. The fourth-order valence-electron chi connectivity index (χ4n) is 2.21. The second-order valence-electron chi connectivity index (χ2n) is 4.57. The van der Waals surface area contributed by atoms with Gasteiger partial charge in [0.25, 0.3) is 5.56 Å². The van der Waals surface area contributed by atoms with Crippen molar-refractivity contribution in [2.45, 2.75) is 13.3 Å². The number of hydrogen-bond acceptors (Lipinski definition) is 3. The molecule has 2 aromatic heterocycles. The maximum atomic E-state index is 12.2. The lowest BCUT2D eigenvalue weighted by atomic mass is 10.2. The molecule has 2 heterocycles. The fourth-order valence-corrected chi connectivity index (χ4v) is 2.43. The summed E-state index contributed by atoms with van der Waals surface area (Å²) in [5, 5.41) is 0.767. The minimum atomic E-state index is -0.554. The van der Waals surface area contributed by atoms with Gasteiger partial charge in [0, 0.05) is 5.69 Å². The standard InChI is InChI=1S/C15H12ClN3O2/c1-2-9-7-8-10-13(17-9)19(15(21)18-14(10)20)12-6-4-3-5-11(12)16/h3-8H,2H2,1H3,(H,18,20,21). The number of pyridine rings is 1. The second kappa shape index (κ2) is 5.18. The van der Waals surface area contributed by atoms with Crippen LogP contribution >= 0.6 is 11.6 Å². The average molecular weight is 302 g/mol. The number of aryl methyl sites for hydroxylation is 1. The first kappa shape index (κ1) is 13.6. The van der Waals surface area contributed by atoms with Gasteiger partial charge in [-0.25, -0.2) is 14.3 Å². The lowest BCUT2D eigenvalue weighted by Crippen LogP contribution is -2.30. The number of para-hydroxylation sites is 1. The predicted octanol–water partition coefficient (Wildman–Crippen LogP) is 2.29. The van der Waals surface area contributed by atoms with Crippen LogP contribution in [-0.4, -0.2) is 14.5 Å². The number of H-pyrrole nitrogens is 1. The molecule has 0 bridgehead atoms.